The Labute approximate surface area is 188 Å². The van der Waals surface area contributed by atoms with Crippen LogP contribution in [0.1, 0.15) is 39.7 Å². The van der Waals surface area contributed by atoms with Crippen LogP contribution in [0, 0.1) is 18.1 Å². The minimum absolute atomic E-state index is 0. The van der Waals surface area contributed by atoms with Crippen LogP contribution in [0.25, 0.3) is 5.57 Å². The molecule has 2 aliphatic rings. The van der Waals surface area contributed by atoms with E-state index >= 15 is 0 Å². The molecule has 1 atom stereocenters. The maximum absolute atomic E-state index is 3.29. The number of rotatable bonds is 1. The minimum Gasteiger partial charge on any atom is -1.00 e. The summed E-state index contributed by atoms with van der Waals surface area (Å²) in [7, 11) is 0. The third-order valence-corrected chi connectivity index (χ3v) is 3.63. The molecule has 0 amide bonds. The fourth-order valence-corrected chi connectivity index (χ4v) is 2.43. The van der Waals surface area contributed by atoms with Gasteiger partial charge in [-0.25, -0.2) is 22.8 Å². The molecule has 0 aromatic heterocycles. The van der Waals surface area contributed by atoms with Crippen LogP contribution in [0.2, 0.25) is 13.1 Å². The van der Waals surface area contributed by atoms with Crippen LogP contribution in [0.5, 0.6) is 0 Å². The predicted octanol–water partition coefficient (Wildman–Crippen LogP) is 0.347. The quantitative estimate of drug-likeness (QED) is 0.400. The molecule has 0 spiro atoms. The molecule has 0 saturated heterocycles. The van der Waals surface area contributed by atoms with Crippen LogP contribution in [0.15, 0.2) is 59.2 Å². The van der Waals surface area contributed by atoms with Gasteiger partial charge in [-0.15, -0.1) is 18.9 Å². The zero-order chi connectivity index (χ0) is 18.1. The van der Waals surface area contributed by atoms with Gasteiger partial charge in [0.05, 0.1) is 0 Å². The van der Waals surface area contributed by atoms with Crippen molar-refractivity contribution < 1.29 is 48.1 Å². The SMILES string of the molecule is CC1=[C-]C(C)C=C1C.CC1=[C-]CC(c2ccccc2)=C1.C[Si](C)=[Zr+2].[Cl-].[Cl-]. The van der Waals surface area contributed by atoms with E-state index in [1.807, 2.05) is 6.07 Å². The molecule has 26 heavy (non-hydrogen) atoms. The van der Waals surface area contributed by atoms with E-state index in [9.17, 15) is 0 Å². The Morgan fingerprint density at radius 2 is 1.58 bits per heavy atom. The molecule has 0 saturated carbocycles. The van der Waals surface area contributed by atoms with Crippen LogP contribution < -0.4 is 24.8 Å². The maximum Gasteiger partial charge on any atom is -1.00 e. The molecule has 1 aromatic rings. The zero-order valence-corrected chi connectivity index (χ0v) is 21.6. The molecule has 0 N–H and O–H groups in total. The van der Waals surface area contributed by atoms with Gasteiger partial charge in [0.15, 0.2) is 0 Å². The van der Waals surface area contributed by atoms with E-state index in [2.05, 4.69) is 89.4 Å². The van der Waals surface area contributed by atoms with Crippen molar-refractivity contribution >= 4 is 11.0 Å². The summed E-state index contributed by atoms with van der Waals surface area (Å²) < 4.78 is 0. The van der Waals surface area contributed by atoms with Gasteiger partial charge in [-0.1, -0.05) is 57.0 Å². The third-order valence-electron chi connectivity index (χ3n) is 3.63. The van der Waals surface area contributed by atoms with E-state index in [0.717, 1.165) is 6.42 Å². The summed E-state index contributed by atoms with van der Waals surface area (Å²) in [5.74, 6) is 0.551. The average Bonchev–Trinajstić information content (AvgIpc) is 3.06. The smallest absolute Gasteiger partial charge is 1.00 e. The van der Waals surface area contributed by atoms with Gasteiger partial charge in [0.25, 0.3) is 0 Å². The molecular weight excluding hydrogens is 454 g/mol. The summed E-state index contributed by atoms with van der Waals surface area (Å²) in [6.07, 6.45) is 12.0. The first-order chi connectivity index (χ1) is 11.3. The second-order valence-electron chi connectivity index (χ2n) is 6.48. The Morgan fingerprint density at radius 3 is 1.88 bits per heavy atom. The molecular formula is C22H28Cl2SiZr-2. The van der Waals surface area contributed by atoms with Gasteiger partial charge < -0.3 is 24.8 Å². The fourth-order valence-electron chi connectivity index (χ4n) is 2.43. The maximum atomic E-state index is 3.29. The van der Waals surface area contributed by atoms with Gasteiger partial charge >= 0.3 is 41.9 Å². The van der Waals surface area contributed by atoms with Crippen molar-refractivity contribution in [3.8, 4) is 0 Å². The van der Waals surface area contributed by atoms with Gasteiger partial charge in [-0.2, -0.15) is 6.08 Å². The molecule has 4 heteroatoms. The number of hydrogen-bond acceptors (Lipinski definition) is 0. The van der Waals surface area contributed by atoms with E-state index in [1.54, 1.807) is 23.3 Å². The summed E-state index contributed by atoms with van der Waals surface area (Å²) >= 11 is 1.74. The Hall–Kier alpha value is -0.140. The average molecular weight is 483 g/mol. The number of allylic oxidation sites excluding steroid dienone is 8. The van der Waals surface area contributed by atoms with Gasteiger partial charge in [0, 0.05) is 0 Å². The van der Waals surface area contributed by atoms with Crippen LogP contribution >= 0.6 is 0 Å². The molecule has 0 heterocycles. The number of halogens is 2. The molecule has 0 nitrogen and oxygen atoms in total. The van der Waals surface area contributed by atoms with E-state index in [4.69, 9.17) is 0 Å². The van der Waals surface area contributed by atoms with Crippen LogP contribution in [0.4, 0.5) is 0 Å². The predicted molar refractivity (Wildman–Crippen MR) is 104 cm³/mol. The molecule has 0 fully saturated rings. The van der Waals surface area contributed by atoms with Crippen LogP contribution in [-0.4, -0.2) is 5.43 Å². The normalized spacial score (nSPS) is 16.8. The van der Waals surface area contributed by atoms with Gasteiger partial charge in [0.1, 0.15) is 0 Å². The van der Waals surface area contributed by atoms with Crippen molar-refractivity contribution in [2.24, 2.45) is 5.92 Å². The number of hydrogen-bond donors (Lipinski definition) is 0. The first-order valence-corrected chi connectivity index (χ1v) is 14.6. The molecule has 140 valence electrons. The molecule has 1 aromatic carbocycles. The van der Waals surface area contributed by atoms with Crippen molar-refractivity contribution in [1.29, 1.82) is 0 Å². The van der Waals surface area contributed by atoms with Crippen molar-refractivity contribution in [1.82, 2.24) is 0 Å². The monoisotopic (exact) mass is 480 g/mol. The summed E-state index contributed by atoms with van der Waals surface area (Å²) in [5, 5.41) is 0. The second-order valence-corrected chi connectivity index (χ2v) is 15.9. The standard InChI is InChI=1S/C12H11.C8H11.C2H6Si.2ClH.Zr/c1-10-7-8-12(9-10)11-5-3-2-4-6-11;1-6-4-7(2)8(3)5-6;1-3-2;;;/h2-6,9H,8H2,1H3;4,6H,1-3H3;1-2H3;2*1H;/q2*-1;;;;+2/p-2. The van der Waals surface area contributed by atoms with Crippen molar-refractivity contribution in [2.75, 3.05) is 0 Å². The van der Waals surface area contributed by atoms with Crippen molar-refractivity contribution in [3.05, 3.63) is 76.9 Å². The van der Waals surface area contributed by atoms with E-state index in [1.165, 1.54) is 27.9 Å². The molecule has 0 bridgehead atoms. The van der Waals surface area contributed by atoms with Crippen LogP contribution in [0.3, 0.4) is 0 Å². The topological polar surface area (TPSA) is 0 Å². The van der Waals surface area contributed by atoms with Crippen molar-refractivity contribution in [3.63, 3.8) is 0 Å². The largest absolute Gasteiger partial charge is 1.00 e. The van der Waals surface area contributed by atoms with E-state index in [0.29, 0.717) is 5.92 Å². The molecule has 0 radical (unpaired) electrons. The summed E-state index contributed by atoms with van der Waals surface area (Å²) in [5.41, 5.74) is 6.88. The van der Waals surface area contributed by atoms with Crippen LogP contribution in [-0.2, 0) is 23.3 Å². The summed E-state index contributed by atoms with van der Waals surface area (Å²) in [6, 6.07) is 10.5. The summed E-state index contributed by atoms with van der Waals surface area (Å²) in [4.78, 5) is 0. The molecule has 2 aliphatic carbocycles. The van der Waals surface area contributed by atoms with E-state index in [-0.39, 0.29) is 30.2 Å². The van der Waals surface area contributed by atoms with Crippen molar-refractivity contribution in [2.45, 2.75) is 47.2 Å². The third kappa shape index (κ3) is 11.5. The second kappa shape index (κ2) is 14.9. The minimum atomic E-state index is 0. The van der Waals surface area contributed by atoms with Gasteiger partial charge in [0.2, 0.25) is 0 Å². The van der Waals surface area contributed by atoms with Gasteiger partial charge in [-0.05, 0) is 5.56 Å². The number of benzene rings is 1. The first-order valence-electron chi connectivity index (χ1n) is 8.43. The Kier molecular flexibility index (Phi) is 16.0. The van der Waals surface area contributed by atoms with E-state index < -0.39 is 0 Å². The zero-order valence-electron chi connectivity index (χ0n) is 16.6. The Morgan fingerprint density at radius 1 is 1.04 bits per heavy atom. The molecule has 1 unspecified atom stereocenters. The Bertz CT molecular complexity index is 663. The molecule has 0 aliphatic heterocycles. The first kappa shape index (κ1) is 28.1. The molecule has 3 rings (SSSR count). The fraction of sp³-hybridized carbons (Fsp3) is 0.364. The van der Waals surface area contributed by atoms with Gasteiger partial charge in [-0.3, -0.25) is 12.2 Å². The Balaban J connectivity index is 0. The summed E-state index contributed by atoms with van der Waals surface area (Å²) in [6.45, 7) is 13.1.